The average Bonchev–Trinajstić information content (AvgIpc) is 3.36. The molecule has 0 amide bonds. The number of unbranched alkanes of at least 4 members (excludes halogenated alkanes) is 46. The predicted molar refractivity (Wildman–Crippen MR) is 303 cm³/mol. The van der Waals surface area contributed by atoms with E-state index in [1.165, 1.54) is 257 Å². The largest absolute Gasteiger partial charge is 0.462 e. The van der Waals surface area contributed by atoms with Crippen LogP contribution >= 0.6 is 0 Å². The number of hydrogen-bond acceptors (Lipinski definition) is 6. The van der Waals surface area contributed by atoms with Crippen LogP contribution in [0.3, 0.4) is 0 Å². The molecule has 6 nitrogen and oxygen atoms in total. The van der Waals surface area contributed by atoms with Gasteiger partial charge in [0.25, 0.3) is 0 Å². The van der Waals surface area contributed by atoms with Gasteiger partial charge in [-0.2, -0.15) is 0 Å². The molecule has 1 unspecified atom stereocenters. The monoisotopic (exact) mass is 987 g/mol. The van der Waals surface area contributed by atoms with Gasteiger partial charge in [-0.25, -0.2) is 0 Å². The normalized spacial score (nSPS) is 12.0. The maximum atomic E-state index is 12.9. The molecule has 1 atom stereocenters. The predicted octanol–water partition coefficient (Wildman–Crippen LogP) is 21.3. The smallest absolute Gasteiger partial charge is 0.306 e. The van der Waals surface area contributed by atoms with E-state index in [0.29, 0.717) is 19.3 Å². The Hall–Kier alpha value is -1.85. The van der Waals surface area contributed by atoms with Crippen LogP contribution in [0.5, 0.6) is 0 Å². The van der Waals surface area contributed by atoms with Crippen LogP contribution < -0.4 is 0 Å². The van der Waals surface area contributed by atoms with Crippen LogP contribution in [-0.2, 0) is 28.6 Å². The summed E-state index contributed by atoms with van der Waals surface area (Å²) in [5.41, 5.74) is 0. The first-order valence-electron chi connectivity index (χ1n) is 31.7. The molecule has 0 radical (unpaired) electrons. The van der Waals surface area contributed by atoms with E-state index in [0.717, 1.165) is 64.2 Å². The molecule has 0 aliphatic carbocycles. The highest BCUT2D eigenvalue weighted by Gasteiger charge is 2.19. The molecule has 0 aromatic heterocycles. The van der Waals surface area contributed by atoms with Crippen molar-refractivity contribution in [1.82, 2.24) is 0 Å². The lowest BCUT2D eigenvalue weighted by atomic mass is 10.0. The molecule has 0 fully saturated rings. The van der Waals surface area contributed by atoms with Crippen LogP contribution in [-0.4, -0.2) is 37.2 Å². The second kappa shape index (κ2) is 59.7. The average molecular weight is 988 g/mol. The van der Waals surface area contributed by atoms with Crippen molar-refractivity contribution in [2.45, 2.75) is 367 Å². The van der Waals surface area contributed by atoms with E-state index < -0.39 is 6.10 Å². The Morgan fingerprint density at radius 3 is 0.714 bits per heavy atom. The summed E-state index contributed by atoms with van der Waals surface area (Å²) < 4.78 is 16.9. The molecule has 0 spiro atoms. The number of carbonyl (C=O) groups excluding carboxylic acids is 3. The first-order chi connectivity index (χ1) is 34.5. The van der Waals surface area contributed by atoms with Crippen molar-refractivity contribution in [3.8, 4) is 0 Å². The fourth-order valence-corrected chi connectivity index (χ4v) is 9.74. The molecule has 0 rings (SSSR count). The van der Waals surface area contributed by atoms with Crippen molar-refractivity contribution >= 4 is 17.9 Å². The lowest BCUT2D eigenvalue weighted by Gasteiger charge is -2.18. The minimum absolute atomic E-state index is 0.0669. The molecule has 414 valence electrons. The summed E-state index contributed by atoms with van der Waals surface area (Å²) in [6, 6.07) is 0. The highest BCUT2D eigenvalue weighted by atomic mass is 16.6. The standard InChI is InChI=1S/C64H122O6/c1-4-7-10-13-16-19-22-25-28-31-32-33-34-37-39-42-45-48-51-54-57-63(66)69-60-61(70-64(67)58-55-52-49-46-43-40-36-30-27-24-21-18-15-12-9-6-3)59-68-62(65)56-53-50-47-44-41-38-35-29-26-23-20-17-14-11-8-5-2/h30,36,61H,4-29,31-35,37-60H2,1-3H3/b36-30-. The van der Waals surface area contributed by atoms with Crippen molar-refractivity contribution in [2.24, 2.45) is 0 Å². The Bertz CT molecular complexity index is 1090. The van der Waals surface area contributed by atoms with E-state index in [1.807, 2.05) is 0 Å². The molecular weight excluding hydrogens is 865 g/mol. The molecule has 70 heavy (non-hydrogen) atoms. The van der Waals surface area contributed by atoms with Gasteiger partial charge in [0.15, 0.2) is 6.10 Å². The lowest BCUT2D eigenvalue weighted by Crippen LogP contribution is -2.30. The Kier molecular flexibility index (Phi) is 58.1. The summed E-state index contributed by atoms with van der Waals surface area (Å²) >= 11 is 0. The van der Waals surface area contributed by atoms with Crippen molar-refractivity contribution in [2.75, 3.05) is 13.2 Å². The molecule has 0 aliphatic rings. The van der Waals surface area contributed by atoms with Gasteiger partial charge in [-0.15, -0.1) is 0 Å². The SMILES string of the molecule is CCCCCCCCC/C=C\CCCCCCCC(=O)OC(COC(=O)CCCCCCCCCCCCCCCCCC)COC(=O)CCCCCCCCCCCCCCCCCCCCCC. The highest BCUT2D eigenvalue weighted by molar-refractivity contribution is 5.71. The molecule has 0 aliphatic heterocycles. The fraction of sp³-hybridized carbons (Fsp3) is 0.922. The summed E-state index contributed by atoms with van der Waals surface area (Å²) in [5, 5.41) is 0. The molecule has 6 heteroatoms. The minimum atomic E-state index is -0.769. The zero-order valence-corrected chi connectivity index (χ0v) is 47.6. The van der Waals surface area contributed by atoms with Crippen molar-refractivity contribution in [3.05, 3.63) is 12.2 Å². The van der Waals surface area contributed by atoms with Gasteiger partial charge in [0, 0.05) is 19.3 Å². The maximum absolute atomic E-state index is 12.9. The fourth-order valence-electron chi connectivity index (χ4n) is 9.74. The lowest BCUT2D eigenvalue weighted by molar-refractivity contribution is -0.167. The van der Waals surface area contributed by atoms with Gasteiger partial charge < -0.3 is 14.2 Å². The minimum Gasteiger partial charge on any atom is -0.462 e. The molecule has 0 aromatic rings. The Morgan fingerprint density at radius 1 is 0.271 bits per heavy atom. The van der Waals surface area contributed by atoms with Crippen molar-refractivity contribution < 1.29 is 28.6 Å². The Morgan fingerprint density at radius 2 is 0.471 bits per heavy atom. The topological polar surface area (TPSA) is 78.9 Å². The van der Waals surface area contributed by atoms with Crippen molar-refractivity contribution in [3.63, 3.8) is 0 Å². The van der Waals surface area contributed by atoms with Gasteiger partial charge in [0.1, 0.15) is 13.2 Å². The van der Waals surface area contributed by atoms with E-state index in [2.05, 4.69) is 32.9 Å². The van der Waals surface area contributed by atoms with E-state index in [1.54, 1.807) is 0 Å². The number of ether oxygens (including phenoxy) is 3. The van der Waals surface area contributed by atoms with Crippen LogP contribution in [0.1, 0.15) is 361 Å². The Labute approximate surface area is 437 Å². The van der Waals surface area contributed by atoms with E-state index in [9.17, 15) is 14.4 Å². The maximum Gasteiger partial charge on any atom is 0.306 e. The Balaban J connectivity index is 4.29. The number of esters is 3. The molecule has 0 bridgehead atoms. The summed E-state index contributed by atoms with van der Waals surface area (Å²) in [7, 11) is 0. The van der Waals surface area contributed by atoms with Crippen LogP contribution in [0.25, 0.3) is 0 Å². The summed E-state index contributed by atoms with van der Waals surface area (Å²) in [6.07, 6.45) is 69.3. The molecule has 0 heterocycles. The van der Waals surface area contributed by atoms with E-state index in [-0.39, 0.29) is 31.1 Å². The molecule has 0 aromatic carbocycles. The zero-order chi connectivity index (χ0) is 50.7. The van der Waals surface area contributed by atoms with Gasteiger partial charge in [-0.3, -0.25) is 14.4 Å². The van der Waals surface area contributed by atoms with Crippen LogP contribution in [0.4, 0.5) is 0 Å². The van der Waals surface area contributed by atoms with Gasteiger partial charge in [0.2, 0.25) is 0 Å². The first kappa shape index (κ1) is 68.2. The van der Waals surface area contributed by atoms with Gasteiger partial charge in [-0.1, -0.05) is 309 Å². The molecule has 0 N–H and O–H groups in total. The summed E-state index contributed by atoms with van der Waals surface area (Å²) in [4.78, 5) is 38.3. The quantitative estimate of drug-likeness (QED) is 0.0261. The van der Waals surface area contributed by atoms with Crippen LogP contribution in [0, 0.1) is 0 Å². The number of rotatable bonds is 59. The number of carbonyl (C=O) groups is 3. The highest BCUT2D eigenvalue weighted by Crippen LogP contribution is 2.18. The second-order valence-corrected chi connectivity index (χ2v) is 21.7. The van der Waals surface area contributed by atoms with Gasteiger partial charge >= 0.3 is 17.9 Å². The van der Waals surface area contributed by atoms with Gasteiger partial charge in [-0.05, 0) is 44.9 Å². The third-order valence-electron chi connectivity index (χ3n) is 14.5. The number of hydrogen-bond donors (Lipinski definition) is 0. The van der Waals surface area contributed by atoms with Crippen LogP contribution in [0.15, 0.2) is 12.2 Å². The summed E-state index contributed by atoms with van der Waals surface area (Å²) in [6.45, 7) is 6.71. The second-order valence-electron chi connectivity index (χ2n) is 21.7. The third-order valence-corrected chi connectivity index (χ3v) is 14.5. The van der Waals surface area contributed by atoms with Crippen LogP contribution in [0.2, 0.25) is 0 Å². The zero-order valence-electron chi connectivity index (χ0n) is 47.6. The third kappa shape index (κ3) is 57.1. The summed E-state index contributed by atoms with van der Waals surface area (Å²) in [5.74, 6) is -0.845. The van der Waals surface area contributed by atoms with E-state index in [4.69, 9.17) is 14.2 Å². The van der Waals surface area contributed by atoms with Crippen molar-refractivity contribution in [1.29, 1.82) is 0 Å². The molecular formula is C64H122O6. The molecule has 0 saturated carbocycles. The van der Waals surface area contributed by atoms with E-state index >= 15 is 0 Å². The number of allylic oxidation sites excluding steroid dienone is 2. The molecule has 0 saturated heterocycles. The van der Waals surface area contributed by atoms with Gasteiger partial charge in [0.05, 0.1) is 0 Å². The first-order valence-corrected chi connectivity index (χ1v) is 31.7.